The van der Waals surface area contributed by atoms with Crippen LogP contribution in [0.2, 0.25) is 0 Å². The third kappa shape index (κ3) is 2.57. The van der Waals surface area contributed by atoms with E-state index >= 15 is 0 Å². The molecule has 0 bridgehead atoms. The van der Waals surface area contributed by atoms with Crippen LogP contribution in [0, 0.1) is 6.92 Å². The molecule has 3 nitrogen and oxygen atoms in total. The number of aliphatic hydroxyl groups is 1. The summed E-state index contributed by atoms with van der Waals surface area (Å²) < 4.78 is 0. The fraction of sp³-hybridized carbons (Fsp3) is 0.190. The molecule has 1 atom stereocenters. The molecule has 0 amide bonds. The Balaban J connectivity index is 1.66. The molecule has 24 heavy (non-hydrogen) atoms. The van der Waals surface area contributed by atoms with Crippen LogP contribution >= 0.6 is 0 Å². The normalized spacial score (nSPS) is 14.5. The minimum atomic E-state index is -0.640. The Kier molecular flexibility index (Phi) is 3.79. The van der Waals surface area contributed by atoms with E-state index in [2.05, 4.69) is 29.2 Å². The average Bonchev–Trinajstić information content (AvgIpc) is 3.06. The van der Waals surface area contributed by atoms with Crippen molar-refractivity contribution in [3.05, 3.63) is 89.1 Å². The smallest absolute Gasteiger partial charge is 0.133 e. The molecule has 1 N–H and O–H groups in total. The van der Waals surface area contributed by atoms with Gasteiger partial charge in [-0.25, -0.2) is 4.98 Å². The van der Waals surface area contributed by atoms with Crippen LogP contribution in [0.25, 0.3) is 0 Å². The lowest BCUT2D eigenvalue weighted by molar-refractivity contribution is 0.219. The molecular formula is C21H20N2O. The Morgan fingerprint density at radius 3 is 2.50 bits per heavy atom. The summed E-state index contributed by atoms with van der Waals surface area (Å²) in [6.07, 6.45) is 0.407. The molecule has 0 unspecified atom stereocenters. The van der Waals surface area contributed by atoms with E-state index in [1.54, 1.807) is 0 Å². The van der Waals surface area contributed by atoms with Crippen LogP contribution in [-0.2, 0) is 6.42 Å². The van der Waals surface area contributed by atoms with Gasteiger partial charge in [0.1, 0.15) is 11.9 Å². The summed E-state index contributed by atoms with van der Waals surface area (Å²) >= 11 is 0. The Hall–Kier alpha value is -2.65. The highest BCUT2D eigenvalue weighted by Crippen LogP contribution is 2.34. The van der Waals surface area contributed by atoms with Crippen molar-refractivity contribution in [2.75, 3.05) is 11.4 Å². The van der Waals surface area contributed by atoms with Gasteiger partial charge in [-0.2, -0.15) is 0 Å². The van der Waals surface area contributed by atoms with Gasteiger partial charge in [-0.15, -0.1) is 0 Å². The molecule has 1 aromatic heterocycles. The van der Waals surface area contributed by atoms with Crippen LogP contribution in [0.5, 0.6) is 0 Å². The van der Waals surface area contributed by atoms with Gasteiger partial charge in [-0.3, -0.25) is 0 Å². The zero-order valence-corrected chi connectivity index (χ0v) is 13.7. The number of aliphatic hydroxyl groups excluding tert-OH is 1. The van der Waals surface area contributed by atoms with E-state index in [0.29, 0.717) is 0 Å². The Morgan fingerprint density at radius 2 is 1.71 bits per heavy atom. The second-order valence-electron chi connectivity index (χ2n) is 6.19. The molecule has 0 fully saturated rings. The molecule has 3 heteroatoms. The summed E-state index contributed by atoms with van der Waals surface area (Å²) in [4.78, 5) is 7.02. The van der Waals surface area contributed by atoms with Gasteiger partial charge in [-0.05, 0) is 36.6 Å². The number of hydrogen-bond donors (Lipinski definition) is 1. The maximum atomic E-state index is 10.6. The Labute approximate surface area is 142 Å². The van der Waals surface area contributed by atoms with Crippen LogP contribution in [-0.4, -0.2) is 16.6 Å². The molecule has 3 aromatic rings. The van der Waals surface area contributed by atoms with Crippen LogP contribution in [0.3, 0.4) is 0 Å². The number of aromatic nitrogens is 1. The van der Waals surface area contributed by atoms with Crippen molar-refractivity contribution in [3.63, 3.8) is 0 Å². The number of anilines is 2. The molecule has 2 aromatic carbocycles. The first-order chi connectivity index (χ1) is 11.7. The number of fused-ring (bicyclic) bond motifs is 1. The zero-order valence-electron chi connectivity index (χ0n) is 13.7. The lowest BCUT2D eigenvalue weighted by Gasteiger charge is -2.21. The number of aryl methyl sites for hydroxylation is 1. The summed E-state index contributed by atoms with van der Waals surface area (Å²) in [6, 6.07) is 22.2. The van der Waals surface area contributed by atoms with Gasteiger partial charge < -0.3 is 10.0 Å². The van der Waals surface area contributed by atoms with Crippen LogP contribution in [0.15, 0.2) is 66.7 Å². The number of para-hydroxylation sites is 1. The van der Waals surface area contributed by atoms with Crippen molar-refractivity contribution in [2.24, 2.45) is 0 Å². The summed E-state index contributed by atoms with van der Waals surface area (Å²) in [5.74, 6) is 0.946. The van der Waals surface area contributed by atoms with Crippen molar-refractivity contribution >= 4 is 11.5 Å². The van der Waals surface area contributed by atoms with Crippen LogP contribution < -0.4 is 4.90 Å². The number of nitrogens with zero attached hydrogens (tertiary/aromatic N) is 2. The first-order valence-corrected chi connectivity index (χ1v) is 8.30. The predicted octanol–water partition coefficient (Wildman–Crippen LogP) is 4.17. The van der Waals surface area contributed by atoms with Crippen molar-refractivity contribution in [2.45, 2.75) is 19.4 Å². The highest BCUT2D eigenvalue weighted by molar-refractivity contribution is 5.67. The van der Waals surface area contributed by atoms with E-state index in [4.69, 9.17) is 4.98 Å². The summed E-state index contributed by atoms with van der Waals surface area (Å²) in [5.41, 5.74) is 5.22. The Bertz CT molecular complexity index is 861. The number of hydrogen-bond acceptors (Lipinski definition) is 3. The summed E-state index contributed by atoms with van der Waals surface area (Å²) in [7, 11) is 0. The number of rotatable bonds is 3. The maximum absolute atomic E-state index is 10.6. The van der Waals surface area contributed by atoms with Gasteiger partial charge in [0.25, 0.3) is 0 Å². The minimum Gasteiger partial charge on any atom is -0.384 e. The topological polar surface area (TPSA) is 36.4 Å². The van der Waals surface area contributed by atoms with Crippen molar-refractivity contribution < 1.29 is 5.11 Å². The first-order valence-electron chi connectivity index (χ1n) is 8.30. The molecular weight excluding hydrogens is 296 g/mol. The van der Waals surface area contributed by atoms with Crippen molar-refractivity contribution in [3.8, 4) is 0 Å². The predicted molar refractivity (Wildman–Crippen MR) is 96.6 cm³/mol. The number of benzene rings is 2. The van der Waals surface area contributed by atoms with E-state index in [9.17, 15) is 5.11 Å². The monoisotopic (exact) mass is 316 g/mol. The lowest BCUT2D eigenvalue weighted by Crippen LogP contribution is -2.16. The van der Waals surface area contributed by atoms with Gasteiger partial charge in [-0.1, -0.05) is 54.6 Å². The third-order valence-electron chi connectivity index (χ3n) is 4.69. The summed E-state index contributed by atoms with van der Waals surface area (Å²) in [6.45, 7) is 2.92. The largest absolute Gasteiger partial charge is 0.384 e. The lowest BCUT2D eigenvalue weighted by atomic mass is 10.0. The standard InChI is InChI=1S/C21H20N2O/c1-15-18(21(24)17-8-3-2-4-9-17)11-12-20(22-15)23-14-13-16-7-5-6-10-19(16)23/h2-12,21,24H,13-14H2,1H3/t21-/m0/s1. The molecule has 0 saturated heterocycles. The highest BCUT2D eigenvalue weighted by atomic mass is 16.3. The quantitative estimate of drug-likeness (QED) is 0.788. The molecule has 120 valence electrons. The zero-order chi connectivity index (χ0) is 16.5. The van der Waals surface area contributed by atoms with E-state index in [1.165, 1.54) is 11.3 Å². The highest BCUT2D eigenvalue weighted by Gasteiger charge is 2.22. The van der Waals surface area contributed by atoms with E-state index in [-0.39, 0.29) is 0 Å². The fourth-order valence-corrected chi connectivity index (χ4v) is 3.39. The second-order valence-corrected chi connectivity index (χ2v) is 6.19. The second kappa shape index (κ2) is 6.10. The van der Waals surface area contributed by atoms with Crippen molar-refractivity contribution in [1.82, 2.24) is 4.98 Å². The third-order valence-corrected chi connectivity index (χ3v) is 4.69. The molecule has 1 aliphatic rings. The van der Waals surface area contributed by atoms with Gasteiger partial charge >= 0.3 is 0 Å². The fourth-order valence-electron chi connectivity index (χ4n) is 3.39. The average molecular weight is 316 g/mol. The first kappa shape index (κ1) is 14.9. The molecule has 1 aliphatic heterocycles. The van der Waals surface area contributed by atoms with Gasteiger partial charge in [0.2, 0.25) is 0 Å². The molecule has 0 spiro atoms. The summed E-state index contributed by atoms with van der Waals surface area (Å²) in [5, 5.41) is 10.6. The van der Waals surface area contributed by atoms with Gasteiger partial charge in [0, 0.05) is 23.5 Å². The SMILES string of the molecule is Cc1nc(N2CCc3ccccc32)ccc1[C@@H](O)c1ccccc1. The molecule has 0 aliphatic carbocycles. The minimum absolute atomic E-state index is 0.640. The Morgan fingerprint density at radius 1 is 0.958 bits per heavy atom. The van der Waals surface area contributed by atoms with E-state index in [1.807, 2.05) is 49.4 Å². The van der Waals surface area contributed by atoms with Gasteiger partial charge in [0.15, 0.2) is 0 Å². The van der Waals surface area contributed by atoms with Crippen LogP contribution in [0.1, 0.15) is 28.5 Å². The molecule has 0 radical (unpaired) electrons. The molecule has 4 rings (SSSR count). The number of pyridine rings is 1. The molecule has 2 heterocycles. The van der Waals surface area contributed by atoms with E-state index in [0.717, 1.165) is 35.6 Å². The molecule has 0 saturated carbocycles. The van der Waals surface area contributed by atoms with Crippen LogP contribution in [0.4, 0.5) is 11.5 Å². The van der Waals surface area contributed by atoms with Crippen molar-refractivity contribution in [1.29, 1.82) is 0 Å². The van der Waals surface area contributed by atoms with E-state index < -0.39 is 6.10 Å². The maximum Gasteiger partial charge on any atom is 0.133 e. The van der Waals surface area contributed by atoms with Gasteiger partial charge in [0.05, 0.1) is 0 Å².